The summed E-state index contributed by atoms with van der Waals surface area (Å²) in [6.45, 7) is -0.147. The molecule has 134 valence electrons. The number of esters is 1. The van der Waals surface area contributed by atoms with Gasteiger partial charge in [-0.25, -0.2) is 4.79 Å². The maximum atomic E-state index is 13.0. The number of carbonyl (C=O) groups excluding carboxylic acids is 1. The average Bonchev–Trinajstić information content (AvgIpc) is 3.00. The van der Waals surface area contributed by atoms with Gasteiger partial charge in [0.1, 0.15) is 6.61 Å². The highest BCUT2D eigenvalue weighted by Crippen LogP contribution is 2.47. The molecule has 0 fully saturated rings. The Hall–Kier alpha value is -3.37. The summed E-state index contributed by atoms with van der Waals surface area (Å²) in [6, 6.07) is 23.7. The van der Waals surface area contributed by atoms with Gasteiger partial charge < -0.3 is 14.9 Å². The van der Waals surface area contributed by atoms with Crippen molar-refractivity contribution in [3.63, 3.8) is 0 Å². The third-order valence-electron chi connectivity index (χ3n) is 4.88. The number of benzene rings is 3. The van der Waals surface area contributed by atoms with Crippen LogP contribution in [0.15, 0.2) is 85.1 Å². The lowest BCUT2D eigenvalue weighted by Crippen LogP contribution is -2.37. The van der Waals surface area contributed by atoms with Crippen LogP contribution in [0.1, 0.15) is 16.7 Å². The smallest absolute Gasteiger partial charge is 0.348 e. The highest BCUT2D eigenvalue weighted by atomic mass is 16.5. The standard InChI is InChI=1S/C23H18O4/c24-14-17(16-8-2-1-3-9-16)15-27-22(25)23(26)20-12-6-4-10-18(20)19-11-5-7-13-21(19)23/h1-14,24,26H,15H2. The van der Waals surface area contributed by atoms with Crippen LogP contribution in [0.25, 0.3) is 16.7 Å². The molecule has 4 nitrogen and oxygen atoms in total. The van der Waals surface area contributed by atoms with Crippen LogP contribution in [0.2, 0.25) is 0 Å². The first kappa shape index (κ1) is 17.1. The van der Waals surface area contributed by atoms with Crippen LogP contribution in [0.5, 0.6) is 0 Å². The molecule has 4 heteroatoms. The minimum Gasteiger partial charge on any atom is -0.515 e. The predicted octanol–water partition coefficient (Wildman–Crippen LogP) is 4.05. The molecule has 0 bridgehead atoms. The molecule has 3 aromatic rings. The lowest BCUT2D eigenvalue weighted by molar-refractivity contribution is -0.160. The molecule has 0 aromatic heterocycles. The van der Waals surface area contributed by atoms with Crippen LogP contribution >= 0.6 is 0 Å². The molecule has 0 spiro atoms. The summed E-state index contributed by atoms with van der Waals surface area (Å²) in [5.41, 5.74) is 1.96. The van der Waals surface area contributed by atoms with Crippen molar-refractivity contribution < 1.29 is 19.7 Å². The monoisotopic (exact) mass is 358 g/mol. The fourth-order valence-electron chi connectivity index (χ4n) is 3.53. The lowest BCUT2D eigenvalue weighted by Gasteiger charge is -2.23. The SMILES string of the molecule is O=C(OCC(=CO)c1ccccc1)C1(O)c2ccccc2-c2ccccc21. The number of carbonyl (C=O) groups is 1. The van der Waals surface area contributed by atoms with Crippen molar-refractivity contribution in [3.05, 3.63) is 102 Å². The van der Waals surface area contributed by atoms with Gasteiger partial charge in [-0.15, -0.1) is 0 Å². The molecule has 0 heterocycles. The largest absolute Gasteiger partial charge is 0.515 e. The van der Waals surface area contributed by atoms with Crippen LogP contribution in [0, 0.1) is 0 Å². The van der Waals surface area contributed by atoms with Crippen molar-refractivity contribution in [1.29, 1.82) is 0 Å². The highest BCUT2D eigenvalue weighted by molar-refractivity contribution is 5.96. The first-order chi connectivity index (χ1) is 13.2. The minimum atomic E-state index is -1.87. The lowest BCUT2D eigenvalue weighted by atomic mass is 9.91. The fourth-order valence-corrected chi connectivity index (χ4v) is 3.53. The van der Waals surface area contributed by atoms with Crippen molar-refractivity contribution in [1.82, 2.24) is 0 Å². The maximum absolute atomic E-state index is 13.0. The first-order valence-electron chi connectivity index (χ1n) is 8.64. The fraction of sp³-hybridized carbons (Fsp3) is 0.0870. The van der Waals surface area contributed by atoms with E-state index in [1.165, 1.54) is 0 Å². The van der Waals surface area contributed by atoms with Gasteiger partial charge in [-0.3, -0.25) is 0 Å². The zero-order valence-electron chi connectivity index (χ0n) is 14.5. The summed E-state index contributed by atoms with van der Waals surface area (Å²) in [5, 5.41) is 20.9. The van der Waals surface area contributed by atoms with Gasteiger partial charge in [0.15, 0.2) is 0 Å². The molecule has 0 radical (unpaired) electrons. The van der Waals surface area contributed by atoms with Gasteiger partial charge >= 0.3 is 5.97 Å². The zero-order chi connectivity index (χ0) is 18.9. The van der Waals surface area contributed by atoms with E-state index in [-0.39, 0.29) is 6.61 Å². The van der Waals surface area contributed by atoms with Crippen LogP contribution in [0.4, 0.5) is 0 Å². The number of ether oxygens (including phenoxy) is 1. The second kappa shape index (κ2) is 6.74. The van der Waals surface area contributed by atoms with Crippen molar-refractivity contribution in [2.45, 2.75) is 5.60 Å². The van der Waals surface area contributed by atoms with Crippen molar-refractivity contribution in [3.8, 4) is 11.1 Å². The Balaban J connectivity index is 1.66. The predicted molar refractivity (Wildman–Crippen MR) is 103 cm³/mol. The molecule has 0 atom stereocenters. The van der Waals surface area contributed by atoms with E-state index in [4.69, 9.17) is 4.74 Å². The van der Waals surface area contributed by atoms with Crippen molar-refractivity contribution in [2.75, 3.05) is 6.61 Å². The van der Waals surface area contributed by atoms with E-state index >= 15 is 0 Å². The molecule has 1 aliphatic rings. The Labute approximate surface area is 157 Å². The molecule has 0 saturated carbocycles. The molecule has 4 rings (SSSR count). The number of fused-ring (bicyclic) bond motifs is 3. The molecule has 1 aliphatic carbocycles. The molecule has 3 aromatic carbocycles. The highest BCUT2D eigenvalue weighted by Gasteiger charge is 2.49. The van der Waals surface area contributed by atoms with Crippen LogP contribution in [-0.4, -0.2) is 22.8 Å². The van der Waals surface area contributed by atoms with E-state index in [2.05, 4.69) is 0 Å². The van der Waals surface area contributed by atoms with Crippen molar-refractivity contribution in [2.24, 2.45) is 0 Å². The first-order valence-corrected chi connectivity index (χ1v) is 8.64. The molecule has 0 unspecified atom stereocenters. The molecule has 2 N–H and O–H groups in total. The normalized spacial score (nSPS) is 14.3. The van der Waals surface area contributed by atoms with Gasteiger partial charge in [-0.05, 0) is 16.7 Å². The maximum Gasteiger partial charge on any atom is 0.348 e. The minimum absolute atomic E-state index is 0.147. The van der Waals surface area contributed by atoms with Gasteiger partial charge in [0.05, 0.1) is 6.26 Å². The zero-order valence-corrected chi connectivity index (χ0v) is 14.5. The number of aliphatic hydroxyl groups excluding tert-OH is 1. The summed E-state index contributed by atoms with van der Waals surface area (Å²) < 4.78 is 5.43. The summed E-state index contributed by atoms with van der Waals surface area (Å²) in [7, 11) is 0. The number of hydrogen-bond donors (Lipinski definition) is 2. The summed E-state index contributed by atoms with van der Waals surface area (Å²) in [6.07, 6.45) is 0.920. The molecular weight excluding hydrogens is 340 g/mol. The van der Waals surface area contributed by atoms with Crippen LogP contribution < -0.4 is 0 Å². The van der Waals surface area contributed by atoms with E-state index in [1.54, 1.807) is 24.3 Å². The number of aliphatic hydroxyl groups is 2. The molecule has 27 heavy (non-hydrogen) atoms. The average molecular weight is 358 g/mol. The summed E-state index contributed by atoms with van der Waals surface area (Å²) in [5.74, 6) is -0.768. The molecule has 0 saturated heterocycles. The molecule has 0 aliphatic heterocycles. The van der Waals surface area contributed by atoms with E-state index in [1.807, 2.05) is 54.6 Å². The van der Waals surface area contributed by atoms with Crippen LogP contribution in [-0.2, 0) is 15.1 Å². The van der Waals surface area contributed by atoms with Crippen LogP contribution in [0.3, 0.4) is 0 Å². The van der Waals surface area contributed by atoms with Gasteiger partial charge in [0.2, 0.25) is 5.60 Å². The summed E-state index contributed by atoms with van der Waals surface area (Å²) in [4.78, 5) is 13.0. The second-order valence-electron chi connectivity index (χ2n) is 6.40. The van der Waals surface area contributed by atoms with E-state index in [0.717, 1.165) is 23.0 Å². The van der Waals surface area contributed by atoms with Gasteiger partial charge in [-0.2, -0.15) is 0 Å². The molecule has 0 amide bonds. The van der Waals surface area contributed by atoms with Gasteiger partial charge in [0, 0.05) is 16.7 Å². The van der Waals surface area contributed by atoms with Gasteiger partial charge in [-0.1, -0.05) is 78.9 Å². The van der Waals surface area contributed by atoms with Crippen molar-refractivity contribution >= 4 is 11.5 Å². The Bertz CT molecular complexity index is 976. The number of hydrogen-bond acceptors (Lipinski definition) is 4. The second-order valence-corrected chi connectivity index (χ2v) is 6.40. The molecular formula is C23H18O4. The van der Waals surface area contributed by atoms with Gasteiger partial charge in [0.25, 0.3) is 0 Å². The Morgan fingerprint density at radius 2 is 1.37 bits per heavy atom. The van der Waals surface area contributed by atoms with E-state index < -0.39 is 11.6 Å². The topological polar surface area (TPSA) is 66.8 Å². The summed E-state index contributed by atoms with van der Waals surface area (Å²) >= 11 is 0. The quantitative estimate of drug-likeness (QED) is 0.545. The van der Waals surface area contributed by atoms with E-state index in [0.29, 0.717) is 16.7 Å². The van der Waals surface area contributed by atoms with E-state index in [9.17, 15) is 15.0 Å². The number of rotatable bonds is 4. The Kier molecular flexibility index (Phi) is 4.26. The Morgan fingerprint density at radius 3 is 1.93 bits per heavy atom. The Morgan fingerprint density at radius 1 is 0.852 bits per heavy atom. The third-order valence-corrected chi connectivity index (χ3v) is 4.88. The third kappa shape index (κ3) is 2.71.